The van der Waals surface area contributed by atoms with E-state index in [9.17, 15) is 4.79 Å². The smallest absolute Gasteiger partial charge is 0.309 e. The highest BCUT2D eigenvalue weighted by Gasteiger charge is 2.52. The zero-order valence-electron chi connectivity index (χ0n) is 10.5. The van der Waals surface area contributed by atoms with Gasteiger partial charge in [0.05, 0.1) is 31.7 Å². The molecule has 0 radical (unpaired) electrons. The summed E-state index contributed by atoms with van der Waals surface area (Å²) in [5.41, 5.74) is -0.337. The Balaban J connectivity index is 2.33. The van der Waals surface area contributed by atoms with Crippen molar-refractivity contribution in [2.45, 2.75) is 25.7 Å². The second kappa shape index (κ2) is 4.53. The highest BCUT2D eigenvalue weighted by Crippen LogP contribution is 2.42. The molecule has 17 heavy (non-hydrogen) atoms. The molecular weight excluding hydrogens is 220 g/mol. The quantitative estimate of drug-likeness (QED) is 0.753. The Morgan fingerprint density at radius 1 is 1.53 bits per heavy atom. The highest BCUT2D eigenvalue weighted by atomic mass is 16.5. The number of ether oxygens (including phenoxy) is 2. The maximum atomic E-state index is 11.8. The second-order valence-electron chi connectivity index (χ2n) is 4.54. The molecule has 0 spiro atoms. The molecule has 1 aliphatic heterocycles. The number of hydrogen-bond acceptors (Lipinski definition) is 4. The molecule has 0 bridgehead atoms. The van der Waals surface area contributed by atoms with Crippen LogP contribution in [-0.2, 0) is 19.7 Å². The van der Waals surface area contributed by atoms with Gasteiger partial charge in [-0.2, -0.15) is 0 Å². The molecule has 0 N–H and O–H groups in total. The summed E-state index contributed by atoms with van der Waals surface area (Å²) in [6.07, 6.45) is 0.718. The van der Waals surface area contributed by atoms with Gasteiger partial charge in [0.25, 0.3) is 0 Å². The van der Waals surface area contributed by atoms with Crippen molar-refractivity contribution in [1.82, 2.24) is 0 Å². The number of esters is 1. The van der Waals surface area contributed by atoms with E-state index in [1.807, 2.05) is 26.0 Å². The molecule has 0 aliphatic carbocycles. The van der Waals surface area contributed by atoms with E-state index in [1.54, 1.807) is 0 Å². The normalized spacial score (nSPS) is 19.5. The Labute approximate surface area is 101 Å². The van der Waals surface area contributed by atoms with Crippen molar-refractivity contribution >= 4 is 5.97 Å². The minimum absolute atomic E-state index is 0.190. The summed E-state index contributed by atoms with van der Waals surface area (Å²) in [5, 5.41) is 0. The first-order chi connectivity index (χ1) is 8.14. The summed E-state index contributed by atoms with van der Waals surface area (Å²) >= 11 is 0. The molecule has 2 rings (SSSR count). The molecule has 1 saturated heterocycles. The van der Waals surface area contributed by atoms with Gasteiger partial charge in [-0.15, -0.1) is 0 Å². The van der Waals surface area contributed by atoms with Crippen molar-refractivity contribution < 1.29 is 18.7 Å². The monoisotopic (exact) mass is 238 g/mol. The van der Waals surface area contributed by atoms with Gasteiger partial charge in [0.2, 0.25) is 0 Å². The first-order valence-corrected chi connectivity index (χ1v) is 5.86. The van der Waals surface area contributed by atoms with Gasteiger partial charge in [-0.1, -0.05) is 6.92 Å². The van der Waals surface area contributed by atoms with Crippen molar-refractivity contribution in [3.63, 3.8) is 0 Å². The minimum Gasteiger partial charge on any atom is -0.469 e. The van der Waals surface area contributed by atoms with E-state index >= 15 is 0 Å². The summed E-state index contributed by atoms with van der Waals surface area (Å²) < 4.78 is 15.9. The summed E-state index contributed by atoms with van der Waals surface area (Å²) in [6, 6.07) is 3.85. The molecule has 0 amide bonds. The second-order valence-corrected chi connectivity index (χ2v) is 4.54. The van der Waals surface area contributed by atoms with Crippen LogP contribution in [0.3, 0.4) is 0 Å². The maximum Gasteiger partial charge on any atom is 0.309 e. The Morgan fingerprint density at radius 3 is 2.59 bits per heavy atom. The van der Waals surface area contributed by atoms with Gasteiger partial charge in [0.15, 0.2) is 0 Å². The van der Waals surface area contributed by atoms with Crippen LogP contribution < -0.4 is 0 Å². The lowest BCUT2D eigenvalue weighted by molar-refractivity contribution is -0.162. The van der Waals surface area contributed by atoms with Crippen LogP contribution in [0, 0.1) is 12.8 Å². The van der Waals surface area contributed by atoms with Gasteiger partial charge in [0.1, 0.15) is 11.5 Å². The molecule has 1 aromatic heterocycles. The lowest BCUT2D eigenvalue weighted by atomic mass is 9.70. The molecule has 0 saturated carbocycles. The van der Waals surface area contributed by atoms with E-state index in [-0.39, 0.29) is 17.3 Å². The number of carbonyl (C=O) groups excluding carboxylic acids is 1. The van der Waals surface area contributed by atoms with Gasteiger partial charge in [-0.05, 0) is 25.5 Å². The van der Waals surface area contributed by atoms with E-state index in [1.165, 1.54) is 7.11 Å². The van der Waals surface area contributed by atoms with Crippen LogP contribution in [0.1, 0.15) is 24.9 Å². The largest absolute Gasteiger partial charge is 0.469 e. The standard InChI is InChI=1S/C13H18O4/c1-4-10(12(14)15-3)13(7-16-8-13)11-6-5-9(2)17-11/h5-6,10H,4,7-8H2,1-3H3. The fraction of sp³-hybridized carbons (Fsp3) is 0.615. The van der Waals surface area contributed by atoms with Crippen LogP contribution >= 0.6 is 0 Å². The van der Waals surface area contributed by atoms with Crippen LogP contribution in [-0.4, -0.2) is 26.3 Å². The Kier molecular flexibility index (Phi) is 3.24. The predicted molar refractivity (Wildman–Crippen MR) is 61.7 cm³/mol. The molecule has 1 fully saturated rings. The third-order valence-corrected chi connectivity index (χ3v) is 3.51. The lowest BCUT2D eigenvalue weighted by Gasteiger charge is -2.44. The lowest BCUT2D eigenvalue weighted by Crippen LogP contribution is -2.54. The topological polar surface area (TPSA) is 48.7 Å². The summed E-state index contributed by atoms with van der Waals surface area (Å²) in [6.45, 7) is 4.92. The van der Waals surface area contributed by atoms with Crippen LogP contribution in [0.5, 0.6) is 0 Å². The van der Waals surface area contributed by atoms with Crippen molar-refractivity contribution in [2.24, 2.45) is 5.92 Å². The third kappa shape index (κ3) is 1.86. The first kappa shape index (κ1) is 12.2. The van der Waals surface area contributed by atoms with E-state index in [4.69, 9.17) is 13.9 Å². The maximum absolute atomic E-state index is 11.8. The Bertz CT molecular complexity index is 403. The molecule has 2 heterocycles. The van der Waals surface area contributed by atoms with E-state index in [2.05, 4.69) is 0 Å². The molecule has 0 aromatic carbocycles. The van der Waals surface area contributed by atoms with Crippen molar-refractivity contribution in [3.8, 4) is 0 Å². The molecular formula is C13H18O4. The number of methoxy groups -OCH3 is 1. The SMILES string of the molecule is CCC(C(=O)OC)C1(c2ccc(C)o2)COC1. The van der Waals surface area contributed by atoms with Crippen LogP contribution in [0.2, 0.25) is 0 Å². The Morgan fingerprint density at radius 2 is 2.24 bits per heavy atom. The highest BCUT2D eigenvalue weighted by molar-refractivity contribution is 5.74. The van der Waals surface area contributed by atoms with Gasteiger partial charge in [0, 0.05) is 0 Å². The number of rotatable bonds is 4. The number of aryl methyl sites for hydroxylation is 1. The van der Waals surface area contributed by atoms with Gasteiger partial charge in [-0.25, -0.2) is 0 Å². The average Bonchev–Trinajstić information content (AvgIpc) is 2.69. The summed E-state index contributed by atoms with van der Waals surface area (Å²) in [4.78, 5) is 11.8. The van der Waals surface area contributed by atoms with Crippen molar-refractivity contribution in [3.05, 3.63) is 23.7 Å². The van der Waals surface area contributed by atoms with E-state index in [0.717, 1.165) is 17.9 Å². The van der Waals surface area contributed by atoms with Crippen molar-refractivity contribution in [2.75, 3.05) is 20.3 Å². The Hall–Kier alpha value is -1.29. The summed E-state index contributed by atoms with van der Waals surface area (Å²) in [5.74, 6) is 1.29. The van der Waals surface area contributed by atoms with Gasteiger partial charge >= 0.3 is 5.97 Å². The molecule has 4 heteroatoms. The van der Waals surface area contributed by atoms with Gasteiger partial charge < -0.3 is 13.9 Å². The first-order valence-electron chi connectivity index (χ1n) is 5.86. The van der Waals surface area contributed by atoms with Gasteiger partial charge in [-0.3, -0.25) is 4.79 Å². The fourth-order valence-electron chi connectivity index (χ4n) is 2.46. The molecule has 1 atom stereocenters. The van der Waals surface area contributed by atoms with E-state index in [0.29, 0.717) is 13.2 Å². The van der Waals surface area contributed by atoms with Crippen LogP contribution in [0.4, 0.5) is 0 Å². The van der Waals surface area contributed by atoms with Crippen LogP contribution in [0.15, 0.2) is 16.5 Å². The molecule has 1 aliphatic rings. The molecule has 94 valence electrons. The summed E-state index contributed by atoms with van der Waals surface area (Å²) in [7, 11) is 1.42. The molecule has 1 aromatic rings. The number of furan rings is 1. The fourth-order valence-corrected chi connectivity index (χ4v) is 2.46. The number of carbonyl (C=O) groups is 1. The molecule has 1 unspecified atom stereocenters. The minimum atomic E-state index is -0.337. The molecule has 4 nitrogen and oxygen atoms in total. The van der Waals surface area contributed by atoms with Crippen molar-refractivity contribution in [1.29, 1.82) is 0 Å². The zero-order chi connectivity index (χ0) is 12.5. The number of hydrogen-bond donors (Lipinski definition) is 0. The van der Waals surface area contributed by atoms with E-state index < -0.39 is 0 Å². The predicted octanol–water partition coefficient (Wildman–Crippen LogP) is 2.06. The zero-order valence-corrected chi connectivity index (χ0v) is 10.5. The third-order valence-electron chi connectivity index (χ3n) is 3.51. The average molecular weight is 238 g/mol. The van der Waals surface area contributed by atoms with Crippen LogP contribution in [0.25, 0.3) is 0 Å².